The molecule has 110 valence electrons. The molecule has 0 aliphatic carbocycles. The second-order valence-corrected chi connectivity index (χ2v) is 6.34. The Morgan fingerprint density at radius 3 is 2.81 bits per heavy atom. The molecule has 2 unspecified atom stereocenters. The normalized spacial score (nSPS) is 21.4. The molecule has 4 nitrogen and oxygen atoms in total. The van der Waals surface area contributed by atoms with Gasteiger partial charge in [0.2, 0.25) is 0 Å². The van der Waals surface area contributed by atoms with Crippen molar-refractivity contribution in [2.45, 2.75) is 19.4 Å². The molecule has 1 aliphatic heterocycles. The number of carbonyl (C=O) groups is 1. The lowest BCUT2D eigenvalue weighted by molar-refractivity contribution is -0.128. The van der Waals surface area contributed by atoms with Crippen molar-refractivity contribution in [2.75, 3.05) is 18.6 Å². The van der Waals surface area contributed by atoms with Crippen LogP contribution in [0.25, 0.3) is 10.4 Å². The van der Waals surface area contributed by atoms with E-state index in [2.05, 4.69) is 11.9 Å². The standard InChI is InChI=1S/C16H18N2O2S/c1-11-8-9-20-14(11)15(19)18(2)16-17-10-13(21-16)12-6-4-3-5-7-12/h3-7,10-11,14H,8-9H2,1-2H3. The summed E-state index contributed by atoms with van der Waals surface area (Å²) in [7, 11) is 1.77. The van der Waals surface area contributed by atoms with Crippen LogP contribution in [-0.4, -0.2) is 30.6 Å². The zero-order chi connectivity index (χ0) is 14.8. The van der Waals surface area contributed by atoms with Crippen molar-refractivity contribution in [1.82, 2.24) is 4.98 Å². The Balaban J connectivity index is 1.78. The maximum absolute atomic E-state index is 12.5. The highest BCUT2D eigenvalue weighted by Crippen LogP contribution is 2.32. The number of hydrogen-bond donors (Lipinski definition) is 0. The van der Waals surface area contributed by atoms with Crippen molar-refractivity contribution < 1.29 is 9.53 Å². The molecule has 0 N–H and O–H groups in total. The molecule has 1 fully saturated rings. The fourth-order valence-corrected chi connectivity index (χ4v) is 3.34. The van der Waals surface area contributed by atoms with E-state index >= 15 is 0 Å². The van der Waals surface area contributed by atoms with Crippen molar-refractivity contribution in [3.05, 3.63) is 36.5 Å². The molecule has 1 aromatic carbocycles. The average molecular weight is 302 g/mol. The molecule has 2 aromatic rings. The average Bonchev–Trinajstić information content (AvgIpc) is 3.15. The van der Waals surface area contributed by atoms with Gasteiger partial charge in [-0.1, -0.05) is 48.6 Å². The summed E-state index contributed by atoms with van der Waals surface area (Å²) < 4.78 is 5.55. The van der Waals surface area contributed by atoms with E-state index in [0.717, 1.165) is 16.9 Å². The van der Waals surface area contributed by atoms with E-state index in [-0.39, 0.29) is 17.9 Å². The van der Waals surface area contributed by atoms with E-state index in [9.17, 15) is 4.79 Å². The van der Waals surface area contributed by atoms with Gasteiger partial charge in [0.15, 0.2) is 5.13 Å². The molecule has 2 heterocycles. The minimum Gasteiger partial charge on any atom is -0.368 e. The van der Waals surface area contributed by atoms with Crippen LogP contribution in [0.2, 0.25) is 0 Å². The summed E-state index contributed by atoms with van der Waals surface area (Å²) in [6.45, 7) is 2.72. The van der Waals surface area contributed by atoms with Crippen LogP contribution in [0, 0.1) is 5.92 Å². The van der Waals surface area contributed by atoms with Crippen LogP contribution in [0.5, 0.6) is 0 Å². The molecule has 0 saturated carbocycles. The minimum atomic E-state index is -0.334. The van der Waals surface area contributed by atoms with Gasteiger partial charge in [0.25, 0.3) is 5.91 Å². The third-order valence-corrected chi connectivity index (χ3v) is 4.92. The quantitative estimate of drug-likeness (QED) is 0.874. The highest BCUT2D eigenvalue weighted by atomic mass is 32.1. The molecule has 1 amide bonds. The van der Waals surface area contributed by atoms with E-state index in [1.54, 1.807) is 11.9 Å². The third-order valence-electron chi connectivity index (χ3n) is 3.80. The van der Waals surface area contributed by atoms with Crippen molar-refractivity contribution in [2.24, 2.45) is 5.92 Å². The van der Waals surface area contributed by atoms with Gasteiger partial charge in [-0.2, -0.15) is 0 Å². The molecule has 2 atom stereocenters. The highest BCUT2D eigenvalue weighted by Gasteiger charge is 2.34. The molecule has 5 heteroatoms. The molecule has 1 aliphatic rings. The molecule has 1 aromatic heterocycles. The third kappa shape index (κ3) is 2.84. The Bertz CT molecular complexity index is 626. The Morgan fingerprint density at radius 2 is 2.14 bits per heavy atom. The summed E-state index contributed by atoms with van der Waals surface area (Å²) in [5, 5.41) is 0.710. The zero-order valence-corrected chi connectivity index (χ0v) is 13.0. The van der Waals surface area contributed by atoms with E-state index < -0.39 is 0 Å². The van der Waals surface area contributed by atoms with E-state index in [1.807, 2.05) is 36.5 Å². The number of nitrogens with zero attached hydrogens (tertiary/aromatic N) is 2. The van der Waals surface area contributed by atoms with Crippen molar-refractivity contribution >= 4 is 22.4 Å². The van der Waals surface area contributed by atoms with Crippen LogP contribution in [0.3, 0.4) is 0 Å². The molecule has 0 spiro atoms. The predicted octanol–water partition coefficient (Wildman–Crippen LogP) is 3.20. The molecule has 0 bridgehead atoms. The van der Waals surface area contributed by atoms with Gasteiger partial charge in [0.1, 0.15) is 6.10 Å². The lowest BCUT2D eigenvalue weighted by atomic mass is 10.0. The summed E-state index contributed by atoms with van der Waals surface area (Å²) in [4.78, 5) is 19.5. The van der Waals surface area contributed by atoms with Crippen molar-refractivity contribution in [3.63, 3.8) is 0 Å². The first-order valence-corrected chi connectivity index (χ1v) is 7.89. The maximum atomic E-state index is 12.5. The largest absolute Gasteiger partial charge is 0.368 e. The molecule has 0 radical (unpaired) electrons. The van der Waals surface area contributed by atoms with Crippen LogP contribution in [-0.2, 0) is 9.53 Å². The topological polar surface area (TPSA) is 42.4 Å². The molecule has 21 heavy (non-hydrogen) atoms. The smallest absolute Gasteiger partial charge is 0.257 e. The van der Waals surface area contributed by atoms with Gasteiger partial charge in [0, 0.05) is 19.9 Å². The lowest BCUT2D eigenvalue weighted by Crippen LogP contribution is -2.38. The fraction of sp³-hybridized carbons (Fsp3) is 0.375. The molecular weight excluding hydrogens is 284 g/mol. The van der Waals surface area contributed by atoms with Gasteiger partial charge in [-0.15, -0.1) is 0 Å². The summed E-state index contributed by atoms with van der Waals surface area (Å²) in [5.41, 5.74) is 1.12. The number of hydrogen-bond acceptors (Lipinski definition) is 4. The van der Waals surface area contributed by atoms with Gasteiger partial charge in [-0.05, 0) is 17.9 Å². The van der Waals surface area contributed by atoms with Gasteiger partial charge >= 0.3 is 0 Å². The zero-order valence-electron chi connectivity index (χ0n) is 12.2. The van der Waals surface area contributed by atoms with Crippen LogP contribution in [0.4, 0.5) is 5.13 Å². The Morgan fingerprint density at radius 1 is 1.38 bits per heavy atom. The van der Waals surface area contributed by atoms with Crippen LogP contribution in [0.15, 0.2) is 36.5 Å². The highest BCUT2D eigenvalue weighted by molar-refractivity contribution is 7.19. The number of rotatable bonds is 3. The van der Waals surface area contributed by atoms with Gasteiger partial charge < -0.3 is 4.74 Å². The van der Waals surface area contributed by atoms with Crippen LogP contribution in [0.1, 0.15) is 13.3 Å². The number of aromatic nitrogens is 1. The van der Waals surface area contributed by atoms with E-state index in [0.29, 0.717) is 11.7 Å². The summed E-state index contributed by atoms with van der Waals surface area (Å²) in [6, 6.07) is 10.1. The minimum absolute atomic E-state index is 0.00559. The Kier molecular flexibility index (Phi) is 4.03. The maximum Gasteiger partial charge on any atom is 0.257 e. The van der Waals surface area contributed by atoms with Crippen LogP contribution >= 0.6 is 11.3 Å². The molecular formula is C16H18N2O2S. The second kappa shape index (κ2) is 5.95. The number of thiazole rings is 1. The number of likely N-dealkylation sites (N-methyl/N-ethyl adjacent to an activating group) is 1. The first-order chi connectivity index (χ1) is 10.2. The van der Waals surface area contributed by atoms with Crippen molar-refractivity contribution in [1.29, 1.82) is 0 Å². The summed E-state index contributed by atoms with van der Waals surface area (Å²) >= 11 is 1.52. The molecule has 3 rings (SSSR count). The lowest BCUT2D eigenvalue weighted by Gasteiger charge is -2.20. The van der Waals surface area contributed by atoms with Crippen LogP contribution < -0.4 is 4.90 Å². The van der Waals surface area contributed by atoms with E-state index in [1.165, 1.54) is 11.3 Å². The first-order valence-electron chi connectivity index (χ1n) is 7.07. The Labute approximate surface area is 128 Å². The number of anilines is 1. The first kappa shape index (κ1) is 14.2. The van der Waals surface area contributed by atoms with Gasteiger partial charge in [-0.3, -0.25) is 9.69 Å². The monoisotopic (exact) mass is 302 g/mol. The number of ether oxygens (including phenoxy) is 1. The van der Waals surface area contributed by atoms with Gasteiger partial charge in [0.05, 0.1) is 4.88 Å². The summed E-state index contributed by atoms with van der Waals surface area (Å²) in [6.07, 6.45) is 2.43. The fourth-order valence-electron chi connectivity index (χ4n) is 2.45. The predicted molar refractivity (Wildman–Crippen MR) is 84.5 cm³/mol. The second-order valence-electron chi connectivity index (χ2n) is 5.33. The number of carbonyl (C=O) groups excluding carboxylic acids is 1. The van der Waals surface area contributed by atoms with Crippen molar-refractivity contribution in [3.8, 4) is 10.4 Å². The number of amides is 1. The molecule has 1 saturated heterocycles. The SMILES string of the molecule is CC1CCOC1C(=O)N(C)c1ncc(-c2ccccc2)s1. The van der Waals surface area contributed by atoms with E-state index in [4.69, 9.17) is 4.74 Å². The summed E-state index contributed by atoms with van der Waals surface area (Å²) in [5.74, 6) is 0.266. The number of benzene rings is 1. The Hall–Kier alpha value is -1.72. The van der Waals surface area contributed by atoms with Gasteiger partial charge in [-0.25, -0.2) is 4.98 Å².